The zero-order chi connectivity index (χ0) is 11.8. The Labute approximate surface area is 99.8 Å². The Hall–Kier alpha value is -1.81. The van der Waals surface area contributed by atoms with E-state index in [1.807, 2.05) is 18.2 Å². The molecule has 1 aliphatic rings. The fourth-order valence-corrected chi connectivity index (χ4v) is 2.33. The number of hydrogen-bond donors (Lipinski definition) is 2. The molecular weight excluding hydrogens is 214 g/mol. The molecule has 0 saturated carbocycles. The highest BCUT2D eigenvalue weighted by atomic mass is 16.5. The minimum atomic E-state index is 0.798. The van der Waals surface area contributed by atoms with Gasteiger partial charge in [0.2, 0.25) is 0 Å². The van der Waals surface area contributed by atoms with Crippen molar-refractivity contribution in [2.75, 3.05) is 19.4 Å². The molecule has 2 heterocycles. The predicted octanol–water partition coefficient (Wildman–Crippen LogP) is 1.47. The van der Waals surface area contributed by atoms with Gasteiger partial charge in [-0.3, -0.25) is 4.98 Å². The van der Waals surface area contributed by atoms with Gasteiger partial charge in [-0.25, -0.2) is 0 Å². The topological polar surface area (TPSA) is 60.2 Å². The lowest BCUT2D eigenvalue weighted by Gasteiger charge is -2.19. The maximum Gasteiger partial charge on any atom is 0.121 e. The number of ether oxygens (including phenoxy) is 1. The second-order valence-electron chi connectivity index (χ2n) is 4.26. The standard InChI is InChI=1S/C13H15N3O/c1-17-8-2-3-9-11(6-8)16-12-7-15-5-4-10(12)13(9)14/h2-3,6,15H,4-5,7H2,1H3,(H2,14,16). The number of nitrogens with two attached hydrogens (primary N) is 1. The molecule has 1 aromatic carbocycles. The monoisotopic (exact) mass is 229 g/mol. The van der Waals surface area contributed by atoms with E-state index in [4.69, 9.17) is 10.5 Å². The summed E-state index contributed by atoms with van der Waals surface area (Å²) in [7, 11) is 1.66. The van der Waals surface area contributed by atoms with Crippen LogP contribution >= 0.6 is 0 Å². The van der Waals surface area contributed by atoms with Crippen molar-refractivity contribution < 1.29 is 4.74 Å². The second-order valence-corrected chi connectivity index (χ2v) is 4.26. The summed E-state index contributed by atoms with van der Waals surface area (Å²) in [5, 5.41) is 4.33. The molecular formula is C13H15N3O. The summed E-state index contributed by atoms with van der Waals surface area (Å²) in [6.07, 6.45) is 0.954. The van der Waals surface area contributed by atoms with Crippen LogP contribution in [0, 0.1) is 0 Å². The molecule has 0 bridgehead atoms. The Morgan fingerprint density at radius 3 is 3.12 bits per heavy atom. The molecule has 0 unspecified atom stereocenters. The fourth-order valence-electron chi connectivity index (χ4n) is 2.33. The number of nitrogen functional groups attached to an aromatic ring is 1. The molecule has 0 spiro atoms. The molecule has 1 aliphatic heterocycles. The van der Waals surface area contributed by atoms with E-state index in [1.54, 1.807) is 7.11 Å². The molecule has 0 saturated heterocycles. The molecule has 0 aliphatic carbocycles. The first-order chi connectivity index (χ1) is 8.29. The van der Waals surface area contributed by atoms with Gasteiger partial charge in [0.05, 0.1) is 18.3 Å². The first-order valence-corrected chi connectivity index (χ1v) is 5.75. The van der Waals surface area contributed by atoms with Crippen LogP contribution in [0.2, 0.25) is 0 Å². The number of anilines is 1. The quantitative estimate of drug-likeness (QED) is 0.777. The van der Waals surface area contributed by atoms with E-state index in [1.165, 1.54) is 5.56 Å². The van der Waals surface area contributed by atoms with Gasteiger partial charge in [-0.1, -0.05) is 0 Å². The number of fused-ring (bicyclic) bond motifs is 2. The maximum absolute atomic E-state index is 6.22. The average molecular weight is 229 g/mol. The molecule has 3 rings (SSSR count). The zero-order valence-electron chi connectivity index (χ0n) is 9.79. The zero-order valence-corrected chi connectivity index (χ0v) is 9.79. The molecule has 0 fully saturated rings. The number of nitrogens with zero attached hydrogens (tertiary/aromatic N) is 1. The average Bonchev–Trinajstić information content (AvgIpc) is 2.38. The Balaban J connectivity index is 2.28. The van der Waals surface area contributed by atoms with Crippen LogP contribution < -0.4 is 15.8 Å². The smallest absolute Gasteiger partial charge is 0.121 e. The highest BCUT2D eigenvalue weighted by molar-refractivity contribution is 5.93. The highest BCUT2D eigenvalue weighted by Crippen LogP contribution is 2.29. The molecule has 88 valence electrons. The van der Waals surface area contributed by atoms with Crippen LogP contribution in [0.25, 0.3) is 10.9 Å². The Bertz CT molecular complexity index is 580. The van der Waals surface area contributed by atoms with E-state index in [2.05, 4.69) is 10.3 Å². The molecule has 0 atom stereocenters. The molecule has 4 heteroatoms. The molecule has 17 heavy (non-hydrogen) atoms. The molecule has 2 aromatic rings. The largest absolute Gasteiger partial charge is 0.497 e. The number of methoxy groups -OCH3 is 1. The number of aromatic nitrogens is 1. The number of nitrogens with one attached hydrogen (secondary N) is 1. The first kappa shape index (κ1) is 10.4. The van der Waals surface area contributed by atoms with Crippen molar-refractivity contribution in [1.29, 1.82) is 0 Å². The van der Waals surface area contributed by atoms with Gasteiger partial charge in [-0.2, -0.15) is 0 Å². The molecule has 0 radical (unpaired) electrons. The van der Waals surface area contributed by atoms with Crippen molar-refractivity contribution in [2.24, 2.45) is 0 Å². The van der Waals surface area contributed by atoms with Crippen LogP contribution in [-0.2, 0) is 13.0 Å². The number of hydrogen-bond acceptors (Lipinski definition) is 4. The van der Waals surface area contributed by atoms with Crippen LogP contribution in [0.15, 0.2) is 18.2 Å². The van der Waals surface area contributed by atoms with Crippen molar-refractivity contribution in [3.05, 3.63) is 29.5 Å². The van der Waals surface area contributed by atoms with Crippen molar-refractivity contribution in [3.8, 4) is 5.75 Å². The fraction of sp³-hybridized carbons (Fsp3) is 0.308. The Morgan fingerprint density at radius 1 is 1.41 bits per heavy atom. The minimum absolute atomic E-state index is 0.798. The van der Waals surface area contributed by atoms with E-state index in [9.17, 15) is 0 Å². The van der Waals surface area contributed by atoms with Crippen molar-refractivity contribution in [1.82, 2.24) is 10.3 Å². The van der Waals surface area contributed by atoms with Crippen molar-refractivity contribution in [2.45, 2.75) is 13.0 Å². The van der Waals surface area contributed by atoms with Gasteiger partial charge in [0.1, 0.15) is 5.75 Å². The van der Waals surface area contributed by atoms with Gasteiger partial charge in [0.15, 0.2) is 0 Å². The van der Waals surface area contributed by atoms with Gasteiger partial charge in [0, 0.05) is 23.7 Å². The van der Waals surface area contributed by atoms with Crippen LogP contribution in [0.5, 0.6) is 5.75 Å². The lowest BCUT2D eigenvalue weighted by atomic mass is 10.0. The summed E-state index contributed by atoms with van der Waals surface area (Å²) >= 11 is 0. The summed E-state index contributed by atoms with van der Waals surface area (Å²) in [5.41, 5.74) is 10.3. The number of pyridine rings is 1. The van der Waals surface area contributed by atoms with Gasteiger partial charge in [-0.15, -0.1) is 0 Å². The highest BCUT2D eigenvalue weighted by Gasteiger charge is 2.16. The van der Waals surface area contributed by atoms with E-state index in [0.29, 0.717) is 0 Å². The summed E-state index contributed by atoms with van der Waals surface area (Å²) in [5.74, 6) is 0.813. The summed E-state index contributed by atoms with van der Waals surface area (Å²) in [6.45, 7) is 1.77. The van der Waals surface area contributed by atoms with Crippen LogP contribution in [0.1, 0.15) is 11.3 Å². The summed E-state index contributed by atoms with van der Waals surface area (Å²) in [4.78, 5) is 4.66. The van der Waals surface area contributed by atoms with Gasteiger partial charge in [-0.05, 0) is 30.7 Å². The van der Waals surface area contributed by atoms with E-state index in [-0.39, 0.29) is 0 Å². The van der Waals surface area contributed by atoms with Crippen LogP contribution in [0.3, 0.4) is 0 Å². The van der Waals surface area contributed by atoms with Crippen LogP contribution in [0.4, 0.5) is 5.69 Å². The Morgan fingerprint density at radius 2 is 2.29 bits per heavy atom. The number of benzene rings is 1. The lowest BCUT2D eigenvalue weighted by molar-refractivity contribution is 0.415. The van der Waals surface area contributed by atoms with Gasteiger partial charge < -0.3 is 15.8 Å². The number of rotatable bonds is 1. The first-order valence-electron chi connectivity index (χ1n) is 5.75. The normalized spacial score (nSPS) is 14.6. The lowest BCUT2D eigenvalue weighted by Crippen LogP contribution is -2.25. The van der Waals surface area contributed by atoms with Gasteiger partial charge >= 0.3 is 0 Å². The molecule has 4 nitrogen and oxygen atoms in total. The minimum Gasteiger partial charge on any atom is -0.497 e. The third kappa shape index (κ3) is 1.61. The van der Waals surface area contributed by atoms with E-state index in [0.717, 1.165) is 47.5 Å². The SMILES string of the molecule is COc1ccc2c(N)c3c(nc2c1)CNCC3. The van der Waals surface area contributed by atoms with Crippen LogP contribution in [-0.4, -0.2) is 18.6 Å². The Kier molecular flexibility index (Phi) is 2.37. The predicted molar refractivity (Wildman–Crippen MR) is 68.1 cm³/mol. The van der Waals surface area contributed by atoms with E-state index < -0.39 is 0 Å². The summed E-state index contributed by atoms with van der Waals surface area (Å²) < 4.78 is 5.21. The molecule has 1 aromatic heterocycles. The summed E-state index contributed by atoms with van der Waals surface area (Å²) in [6, 6.07) is 5.84. The van der Waals surface area contributed by atoms with E-state index >= 15 is 0 Å². The van der Waals surface area contributed by atoms with Gasteiger partial charge in [0.25, 0.3) is 0 Å². The third-order valence-electron chi connectivity index (χ3n) is 3.27. The molecule has 0 amide bonds. The second kappa shape index (κ2) is 3.89. The van der Waals surface area contributed by atoms with Crippen molar-refractivity contribution in [3.63, 3.8) is 0 Å². The molecule has 3 N–H and O–H groups in total. The van der Waals surface area contributed by atoms with Crippen molar-refractivity contribution >= 4 is 16.6 Å². The maximum atomic E-state index is 6.22. The third-order valence-corrected chi connectivity index (χ3v) is 3.27.